The molecule has 0 bridgehead atoms. The number of hydrogen-bond acceptors (Lipinski definition) is 5. The minimum absolute atomic E-state index is 0.139. The van der Waals surface area contributed by atoms with Crippen molar-refractivity contribution in [2.24, 2.45) is 0 Å². The number of carboxylic acids is 1. The van der Waals surface area contributed by atoms with E-state index in [1.54, 1.807) is 18.2 Å². The van der Waals surface area contributed by atoms with Crippen molar-refractivity contribution in [3.05, 3.63) is 52.3 Å². The van der Waals surface area contributed by atoms with Gasteiger partial charge >= 0.3 is 5.97 Å². The molecule has 0 unspecified atom stereocenters. The quantitative estimate of drug-likeness (QED) is 0.607. The second kappa shape index (κ2) is 6.65. The number of hydrogen-bond donors (Lipinski definition) is 2. The molecule has 3 rings (SSSR count). The molecule has 0 spiro atoms. The van der Waals surface area contributed by atoms with Gasteiger partial charge in [-0.3, -0.25) is 4.72 Å². The fourth-order valence-corrected chi connectivity index (χ4v) is 3.85. The Hall–Kier alpha value is -2.39. The van der Waals surface area contributed by atoms with Crippen molar-refractivity contribution in [2.45, 2.75) is 31.1 Å². The molecular formula is C18H17BrN2O5S. The third-order valence-corrected chi connectivity index (χ3v) is 5.83. The van der Waals surface area contributed by atoms with Crippen molar-refractivity contribution < 1.29 is 22.7 Å². The highest BCUT2D eigenvalue weighted by Crippen LogP contribution is 2.28. The van der Waals surface area contributed by atoms with Crippen LogP contribution in [-0.2, 0) is 15.4 Å². The molecule has 0 radical (unpaired) electrons. The van der Waals surface area contributed by atoms with Gasteiger partial charge in [0.05, 0.1) is 16.1 Å². The number of carboxylic acid groups (broad SMARTS) is 1. The van der Waals surface area contributed by atoms with E-state index in [2.05, 4.69) is 25.6 Å². The molecule has 0 aliphatic heterocycles. The molecule has 0 saturated carbocycles. The summed E-state index contributed by atoms with van der Waals surface area (Å²) in [5.41, 5.74) is 0.973. The third-order valence-electron chi connectivity index (χ3n) is 3.76. The average molecular weight is 453 g/mol. The first kappa shape index (κ1) is 19.4. The van der Waals surface area contributed by atoms with Gasteiger partial charge in [-0.2, -0.15) is 0 Å². The summed E-state index contributed by atoms with van der Waals surface area (Å²) in [6.07, 6.45) is 0. The lowest BCUT2D eigenvalue weighted by atomic mass is 9.97. The minimum atomic E-state index is -3.97. The van der Waals surface area contributed by atoms with Gasteiger partial charge in [-0.1, -0.05) is 20.8 Å². The number of benzene rings is 2. The molecule has 3 aromatic rings. The summed E-state index contributed by atoms with van der Waals surface area (Å²) in [6, 6.07) is 8.58. The molecule has 2 N–H and O–H groups in total. The van der Waals surface area contributed by atoms with E-state index in [1.807, 2.05) is 20.8 Å². The highest BCUT2D eigenvalue weighted by atomic mass is 79.9. The van der Waals surface area contributed by atoms with Crippen molar-refractivity contribution in [3.8, 4) is 0 Å². The Morgan fingerprint density at radius 3 is 2.52 bits per heavy atom. The predicted octanol–water partition coefficient (Wildman–Crippen LogP) is 4.39. The molecule has 2 aromatic carbocycles. The average Bonchev–Trinajstić information content (AvgIpc) is 2.98. The van der Waals surface area contributed by atoms with E-state index in [1.165, 1.54) is 12.1 Å². The second-order valence-electron chi connectivity index (χ2n) is 7.00. The maximum absolute atomic E-state index is 12.6. The van der Waals surface area contributed by atoms with Crippen molar-refractivity contribution in [1.29, 1.82) is 0 Å². The Balaban J connectivity index is 1.96. The van der Waals surface area contributed by atoms with Crippen LogP contribution in [-0.4, -0.2) is 24.5 Å². The lowest BCUT2D eigenvalue weighted by molar-refractivity contribution is 0.0695. The number of anilines is 1. The van der Waals surface area contributed by atoms with Gasteiger partial charge in [-0.05, 0) is 52.3 Å². The zero-order valence-corrected chi connectivity index (χ0v) is 17.2. The molecule has 1 aromatic heterocycles. The number of oxazole rings is 1. The topological polar surface area (TPSA) is 110 Å². The van der Waals surface area contributed by atoms with Crippen LogP contribution in [0.2, 0.25) is 0 Å². The van der Waals surface area contributed by atoms with Gasteiger partial charge < -0.3 is 9.52 Å². The molecule has 27 heavy (non-hydrogen) atoms. The van der Waals surface area contributed by atoms with Crippen LogP contribution < -0.4 is 4.72 Å². The molecule has 1 heterocycles. The van der Waals surface area contributed by atoms with Crippen LogP contribution in [0, 0.1) is 0 Å². The summed E-state index contributed by atoms with van der Waals surface area (Å²) in [4.78, 5) is 15.5. The first-order chi connectivity index (χ1) is 12.5. The van der Waals surface area contributed by atoms with Gasteiger partial charge in [0.15, 0.2) is 5.58 Å². The van der Waals surface area contributed by atoms with Crippen LogP contribution in [0.3, 0.4) is 0 Å². The highest BCUT2D eigenvalue weighted by molar-refractivity contribution is 9.10. The molecule has 0 aliphatic rings. The summed E-state index contributed by atoms with van der Waals surface area (Å²) in [7, 11) is -3.97. The van der Waals surface area contributed by atoms with E-state index in [0.717, 1.165) is 6.07 Å². The fourth-order valence-electron chi connectivity index (χ4n) is 2.36. The number of aromatic carboxylic acids is 1. The minimum Gasteiger partial charge on any atom is -0.478 e. The number of rotatable bonds is 4. The number of carbonyl (C=O) groups is 1. The predicted molar refractivity (Wildman–Crippen MR) is 105 cm³/mol. The second-order valence-corrected chi connectivity index (χ2v) is 9.54. The Kier molecular flexibility index (Phi) is 4.77. The molecular weight excluding hydrogens is 436 g/mol. The van der Waals surface area contributed by atoms with Crippen LogP contribution in [0.15, 0.2) is 50.2 Å². The third kappa shape index (κ3) is 3.98. The molecule has 0 amide bonds. The normalized spacial score (nSPS) is 12.3. The molecule has 0 aliphatic carbocycles. The lowest BCUT2D eigenvalue weighted by Crippen LogP contribution is -2.14. The zero-order valence-electron chi connectivity index (χ0n) is 14.8. The van der Waals surface area contributed by atoms with Crippen LogP contribution in [0.5, 0.6) is 0 Å². The monoisotopic (exact) mass is 452 g/mol. The molecule has 0 saturated heterocycles. The summed E-state index contributed by atoms with van der Waals surface area (Å²) in [5, 5.41) is 9.17. The maximum Gasteiger partial charge on any atom is 0.336 e. The number of nitrogens with zero attached hydrogens (tertiary/aromatic N) is 1. The van der Waals surface area contributed by atoms with E-state index >= 15 is 0 Å². The van der Waals surface area contributed by atoms with E-state index in [9.17, 15) is 13.2 Å². The lowest BCUT2D eigenvalue weighted by Gasteiger charge is -2.11. The molecule has 7 nitrogen and oxygen atoms in total. The Morgan fingerprint density at radius 2 is 1.89 bits per heavy atom. The molecule has 0 atom stereocenters. The number of sulfonamides is 1. The highest BCUT2D eigenvalue weighted by Gasteiger charge is 2.22. The SMILES string of the molecule is CC(C)(C)c1nc2cc(NS(=O)(=O)c3ccc(Br)c(C(=O)O)c3)ccc2o1. The standard InChI is InChI=1S/C18H17BrN2O5S/c1-18(2,3)17-20-14-8-10(4-7-15(14)26-17)21-27(24,25)11-5-6-13(19)12(9-11)16(22)23/h4-9,21H,1-3H3,(H,22,23). The fraction of sp³-hybridized carbons (Fsp3) is 0.222. The van der Waals surface area contributed by atoms with E-state index in [-0.39, 0.29) is 15.9 Å². The summed E-state index contributed by atoms with van der Waals surface area (Å²) >= 11 is 3.10. The maximum atomic E-state index is 12.6. The van der Waals surface area contributed by atoms with E-state index < -0.39 is 16.0 Å². The van der Waals surface area contributed by atoms with E-state index in [0.29, 0.717) is 27.2 Å². The summed E-state index contributed by atoms with van der Waals surface area (Å²) in [6.45, 7) is 5.90. The van der Waals surface area contributed by atoms with Crippen LogP contribution in [0.25, 0.3) is 11.1 Å². The van der Waals surface area contributed by atoms with Crippen molar-refractivity contribution in [3.63, 3.8) is 0 Å². The van der Waals surface area contributed by atoms with Gasteiger partial charge in [0, 0.05) is 9.89 Å². The van der Waals surface area contributed by atoms with Gasteiger partial charge in [-0.15, -0.1) is 0 Å². The zero-order chi connectivity index (χ0) is 20.0. The van der Waals surface area contributed by atoms with Gasteiger partial charge in [0.1, 0.15) is 5.52 Å². The van der Waals surface area contributed by atoms with Gasteiger partial charge in [-0.25, -0.2) is 18.2 Å². The molecule has 0 fully saturated rings. The summed E-state index contributed by atoms with van der Waals surface area (Å²) < 4.78 is 33.7. The Bertz CT molecular complexity index is 1150. The Labute approximate surface area is 164 Å². The number of fused-ring (bicyclic) bond motifs is 1. The Morgan fingerprint density at radius 1 is 1.19 bits per heavy atom. The largest absolute Gasteiger partial charge is 0.478 e. The van der Waals surface area contributed by atoms with E-state index in [4.69, 9.17) is 9.52 Å². The van der Waals surface area contributed by atoms with Crippen molar-refractivity contribution in [1.82, 2.24) is 4.98 Å². The van der Waals surface area contributed by atoms with Crippen molar-refractivity contribution in [2.75, 3.05) is 4.72 Å². The van der Waals surface area contributed by atoms with Crippen molar-refractivity contribution >= 4 is 48.7 Å². The first-order valence-corrected chi connectivity index (χ1v) is 10.2. The molecule has 9 heteroatoms. The number of nitrogens with one attached hydrogen (secondary N) is 1. The van der Waals surface area contributed by atoms with Crippen LogP contribution in [0.1, 0.15) is 37.0 Å². The van der Waals surface area contributed by atoms with Crippen LogP contribution in [0.4, 0.5) is 5.69 Å². The first-order valence-electron chi connectivity index (χ1n) is 7.94. The van der Waals surface area contributed by atoms with Gasteiger partial charge in [0.25, 0.3) is 10.0 Å². The van der Waals surface area contributed by atoms with Gasteiger partial charge in [0.2, 0.25) is 5.89 Å². The number of halogens is 1. The smallest absolute Gasteiger partial charge is 0.336 e. The summed E-state index contributed by atoms with van der Waals surface area (Å²) in [5.74, 6) is -0.672. The number of aromatic nitrogens is 1. The molecule has 142 valence electrons. The van der Waals surface area contributed by atoms with Crippen LogP contribution >= 0.6 is 15.9 Å².